The molecule has 0 radical (unpaired) electrons. The molecule has 1 unspecified atom stereocenters. The van der Waals surface area contributed by atoms with Crippen LogP contribution in [0.4, 0.5) is 0 Å². The summed E-state index contributed by atoms with van der Waals surface area (Å²) < 4.78 is 17.4. The number of fused-ring (bicyclic) bond motifs is 9. The molecule has 8 heterocycles. The fourth-order valence-corrected chi connectivity index (χ4v) is 9.61. The minimum absolute atomic E-state index is 0.352. The largest absolute Gasteiger partial charge is 0.404 e. The van der Waals surface area contributed by atoms with Crippen LogP contribution in [0, 0.1) is 0 Å². The number of benzene rings is 4. The Bertz CT molecular complexity index is 2800. The zero-order chi connectivity index (χ0) is 30.4. The zero-order valence-electron chi connectivity index (χ0n) is 26.1. The van der Waals surface area contributed by atoms with Crippen molar-refractivity contribution in [2.75, 3.05) is 0 Å². The van der Waals surface area contributed by atoms with Gasteiger partial charge in [0.1, 0.15) is 16.6 Å². The molecule has 0 amide bonds. The molecule has 4 aromatic carbocycles. The summed E-state index contributed by atoms with van der Waals surface area (Å²) in [6, 6.07) is 36.5. The predicted octanol–water partition coefficient (Wildman–Crippen LogP) is 8.71. The highest BCUT2D eigenvalue weighted by atomic mass is 16.5. The highest BCUT2D eigenvalue weighted by Crippen LogP contribution is 2.58. The quantitative estimate of drug-likeness (QED) is 0.184. The lowest BCUT2D eigenvalue weighted by Crippen LogP contribution is -2.74. The molecule has 218 valence electrons. The van der Waals surface area contributed by atoms with Gasteiger partial charge in [0.15, 0.2) is 11.4 Å². The van der Waals surface area contributed by atoms with Crippen molar-refractivity contribution in [1.29, 1.82) is 0 Å². The Morgan fingerprint density at radius 3 is 2.17 bits per heavy atom. The molecule has 0 bridgehead atoms. The van der Waals surface area contributed by atoms with Gasteiger partial charge in [-0.25, -0.2) is 0 Å². The maximum Gasteiger partial charge on any atom is 0.378 e. The van der Waals surface area contributed by atoms with Crippen LogP contribution >= 0.6 is 0 Å². The van der Waals surface area contributed by atoms with Gasteiger partial charge in [0, 0.05) is 22.2 Å². The molecule has 4 aliphatic heterocycles. The molecule has 46 heavy (non-hydrogen) atoms. The van der Waals surface area contributed by atoms with Crippen LogP contribution in [0.3, 0.4) is 0 Å². The van der Waals surface area contributed by atoms with Gasteiger partial charge in [0.2, 0.25) is 5.69 Å². The Kier molecular flexibility index (Phi) is 3.81. The van der Waals surface area contributed by atoms with Crippen molar-refractivity contribution in [3.63, 3.8) is 0 Å². The second kappa shape index (κ2) is 7.34. The van der Waals surface area contributed by atoms with Gasteiger partial charge in [-0.2, -0.15) is 4.57 Å². The Hall–Kier alpha value is -5.42. The topological polar surface area (TPSA) is 26.8 Å². The van der Waals surface area contributed by atoms with E-state index < -0.39 is 5.66 Å². The molecule has 0 aliphatic carbocycles. The van der Waals surface area contributed by atoms with Crippen LogP contribution in [0.1, 0.15) is 61.8 Å². The van der Waals surface area contributed by atoms with Crippen LogP contribution in [0.25, 0.3) is 66.5 Å². The summed E-state index contributed by atoms with van der Waals surface area (Å²) in [4.78, 5) is 0. The maximum atomic E-state index is 7.03. The third-order valence-electron chi connectivity index (χ3n) is 11.3. The van der Waals surface area contributed by atoms with Crippen molar-refractivity contribution in [2.24, 2.45) is 0 Å². The van der Waals surface area contributed by atoms with Gasteiger partial charge < -0.3 is 9.30 Å². The van der Waals surface area contributed by atoms with Crippen molar-refractivity contribution in [2.45, 2.75) is 45.2 Å². The molecular formula is C41H30N4O+2. The molecule has 1 spiro atoms. The van der Waals surface area contributed by atoms with E-state index in [-0.39, 0.29) is 0 Å². The Morgan fingerprint density at radius 2 is 1.37 bits per heavy atom. The molecule has 4 aromatic heterocycles. The number of ether oxygens (including phenoxy) is 1. The van der Waals surface area contributed by atoms with Gasteiger partial charge in [-0.1, -0.05) is 64.1 Å². The van der Waals surface area contributed by atoms with E-state index in [0.29, 0.717) is 11.8 Å². The monoisotopic (exact) mass is 594 g/mol. The number of hydrogen-bond donors (Lipinski definition) is 0. The Morgan fingerprint density at radius 1 is 0.630 bits per heavy atom. The number of aromatic nitrogens is 4. The van der Waals surface area contributed by atoms with Gasteiger partial charge in [-0.3, -0.25) is 0 Å². The fourth-order valence-electron chi connectivity index (χ4n) is 9.61. The first-order chi connectivity index (χ1) is 22.5. The molecule has 0 N–H and O–H groups in total. The highest BCUT2D eigenvalue weighted by Gasteiger charge is 2.71. The number of rotatable bonds is 2. The lowest BCUT2D eigenvalue weighted by atomic mass is 9.81. The van der Waals surface area contributed by atoms with Crippen LogP contribution in [-0.2, 0) is 5.66 Å². The zero-order valence-corrected chi connectivity index (χ0v) is 26.1. The summed E-state index contributed by atoms with van der Waals surface area (Å²) in [6.45, 7) is 9.24. The Balaban J connectivity index is 1.47. The molecule has 5 nitrogen and oxygen atoms in total. The summed E-state index contributed by atoms with van der Waals surface area (Å²) in [6.07, 6.45) is 0. The summed E-state index contributed by atoms with van der Waals surface area (Å²) in [5, 5.41) is 5.23. The van der Waals surface area contributed by atoms with Crippen molar-refractivity contribution < 1.29 is 13.9 Å². The summed E-state index contributed by atoms with van der Waals surface area (Å²) >= 11 is 0. The van der Waals surface area contributed by atoms with Crippen LogP contribution in [0.5, 0.6) is 11.6 Å². The maximum absolute atomic E-state index is 7.03. The molecular weight excluding hydrogens is 564 g/mol. The second-order valence-corrected chi connectivity index (χ2v) is 14.2. The van der Waals surface area contributed by atoms with E-state index in [0.717, 1.165) is 11.6 Å². The average Bonchev–Trinajstić information content (AvgIpc) is 3.69. The van der Waals surface area contributed by atoms with Crippen LogP contribution < -0.4 is 13.9 Å². The summed E-state index contributed by atoms with van der Waals surface area (Å²) in [5.74, 6) is 2.55. The second-order valence-electron chi connectivity index (χ2n) is 14.2. The minimum atomic E-state index is -0.642. The number of nitrogens with zero attached hydrogens (tertiary/aromatic N) is 4. The first kappa shape index (κ1) is 23.9. The third kappa shape index (κ3) is 2.25. The highest BCUT2D eigenvalue weighted by molar-refractivity contribution is 6.14. The minimum Gasteiger partial charge on any atom is -0.404 e. The Labute approximate surface area is 265 Å². The number of para-hydroxylation sites is 2. The lowest BCUT2D eigenvalue weighted by molar-refractivity contribution is -0.932. The molecule has 4 aliphatic rings. The smallest absolute Gasteiger partial charge is 0.378 e. The molecule has 0 saturated heterocycles. The summed E-state index contributed by atoms with van der Waals surface area (Å²) in [5.41, 5.74) is 14.5. The van der Waals surface area contributed by atoms with E-state index in [2.05, 4.69) is 143 Å². The SMILES string of the molecule is CC(C)c1cc2[n+]3c(c1)-c1cc(C(C)C)c4c5ccccc5n5c4[n+]1C31c3c(cccc3-n3c4ccccc4c4ccc-5c1c43)O2. The van der Waals surface area contributed by atoms with E-state index in [4.69, 9.17) is 4.74 Å². The number of hydrogen-bond acceptors (Lipinski definition) is 1. The lowest BCUT2D eigenvalue weighted by Gasteiger charge is -2.37. The van der Waals surface area contributed by atoms with Gasteiger partial charge in [-0.05, 0) is 71.5 Å². The van der Waals surface area contributed by atoms with E-state index in [9.17, 15) is 0 Å². The molecule has 1 atom stereocenters. The normalized spacial score (nSPS) is 17.3. The van der Waals surface area contributed by atoms with Crippen LogP contribution in [-0.4, -0.2) is 9.13 Å². The van der Waals surface area contributed by atoms with Crippen LogP contribution in [0.15, 0.2) is 97.1 Å². The fraction of sp³-hybridized carbons (Fsp3) is 0.171. The molecule has 5 heteroatoms. The van der Waals surface area contributed by atoms with Gasteiger partial charge in [0.05, 0.1) is 28.2 Å². The predicted molar refractivity (Wildman–Crippen MR) is 181 cm³/mol. The summed E-state index contributed by atoms with van der Waals surface area (Å²) in [7, 11) is 0. The van der Waals surface area contributed by atoms with E-state index in [1.165, 1.54) is 88.8 Å². The first-order valence-electron chi connectivity index (χ1n) is 16.5. The van der Waals surface area contributed by atoms with E-state index in [1.807, 2.05) is 0 Å². The van der Waals surface area contributed by atoms with Crippen LogP contribution in [0.2, 0.25) is 0 Å². The molecule has 0 saturated carbocycles. The first-order valence-corrected chi connectivity index (χ1v) is 16.5. The van der Waals surface area contributed by atoms with Crippen molar-refractivity contribution in [3.8, 4) is 34.4 Å². The van der Waals surface area contributed by atoms with E-state index >= 15 is 0 Å². The van der Waals surface area contributed by atoms with Crippen molar-refractivity contribution in [3.05, 3.63) is 119 Å². The van der Waals surface area contributed by atoms with Gasteiger partial charge >= 0.3 is 17.2 Å². The number of pyridine rings is 2. The third-order valence-corrected chi connectivity index (χ3v) is 11.3. The molecule has 12 rings (SSSR count). The molecule has 0 fully saturated rings. The average molecular weight is 595 g/mol. The standard InChI is InChI=1S/C41H30N4O/c1-21(2)23-18-32-33-20-27(22(3)4)36-26-11-6-8-13-29(26)43-31-17-16-25-24-10-5-7-12-28(24)42-30-14-9-15-34-37(30)41(38(31)39(25)42,45(33)40(36)43)44(32)35(19-23)46-34/h5-22H,1-4H3/q+2. The van der Waals surface area contributed by atoms with E-state index in [1.54, 1.807) is 0 Å². The van der Waals surface area contributed by atoms with Crippen molar-refractivity contribution >= 4 is 43.7 Å². The van der Waals surface area contributed by atoms with Crippen molar-refractivity contribution in [1.82, 2.24) is 9.13 Å². The van der Waals surface area contributed by atoms with Gasteiger partial charge in [-0.15, -0.1) is 9.13 Å². The molecule has 8 aromatic rings. The van der Waals surface area contributed by atoms with Gasteiger partial charge in [0.25, 0.3) is 5.69 Å².